The highest BCUT2D eigenvalue weighted by atomic mass is 35.5. The van der Waals surface area contributed by atoms with E-state index in [4.69, 9.17) is 11.6 Å². The van der Waals surface area contributed by atoms with Gasteiger partial charge in [0.05, 0.1) is 5.92 Å². The summed E-state index contributed by atoms with van der Waals surface area (Å²) >= 11 is 5.59. The van der Waals surface area contributed by atoms with Crippen molar-refractivity contribution in [3.8, 4) is 0 Å². The van der Waals surface area contributed by atoms with Crippen molar-refractivity contribution in [2.24, 2.45) is 29.6 Å². The minimum Gasteiger partial charge on any atom is -0.338 e. The minimum atomic E-state index is -0.334. The standard InChI is InChI=1S/C15H20ClNO2/c16-15(19)12-6-13(18)17(7-12)14-10-2-8-1-9(4-10)5-11(14)3-8/h8-12,14H,1-7H2/t8?,9?,10?,11?,12-,14?/m0/s1. The zero-order valence-corrected chi connectivity index (χ0v) is 11.8. The first-order chi connectivity index (χ1) is 9.11. The lowest BCUT2D eigenvalue weighted by atomic mass is 9.54. The van der Waals surface area contributed by atoms with Crippen molar-refractivity contribution in [2.75, 3.05) is 6.54 Å². The van der Waals surface area contributed by atoms with Gasteiger partial charge in [0.1, 0.15) is 0 Å². The van der Waals surface area contributed by atoms with Crippen LogP contribution in [0.25, 0.3) is 0 Å². The third-order valence-corrected chi connectivity index (χ3v) is 6.32. The van der Waals surface area contributed by atoms with E-state index in [-0.39, 0.29) is 17.1 Å². The summed E-state index contributed by atoms with van der Waals surface area (Å²) in [6.07, 6.45) is 6.99. The second-order valence-electron chi connectivity index (χ2n) is 7.17. The number of hydrogen-bond donors (Lipinski definition) is 0. The highest BCUT2D eigenvalue weighted by molar-refractivity contribution is 6.64. The Balaban J connectivity index is 1.56. The van der Waals surface area contributed by atoms with E-state index in [2.05, 4.69) is 0 Å². The van der Waals surface area contributed by atoms with Gasteiger partial charge in [-0.2, -0.15) is 0 Å². The largest absolute Gasteiger partial charge is 0.338 e. The summed E-state index contributed by atoms with van der Waals surface area (Å²) in [5.74, 6) is 3.14. The lowest BCUT2D eigenvalue weighted by Crippen LogP contribution is -2.56. The first kappa shape index (κ1) is 12.2. The zero-order chi connectivity index (χ0) is 13.1. The summed E-state index contributed by atoms with van der Waals surface area (Å²) in [7, 11) is 0. The first-order valence-electron chi connectivity index (χ1n) is 7.60. The van der Waals surface area contributed by atoms with Gasteiger partial charge in [-0.3, -0.25) is 9.59 Å². The van der Waals surface area contributed by atoms with Gasteiger partial charge in [-0.25, -0.2) is 0 Å². The lowest BCUT2D eigenvalue weighted by Gasteiger charge is -2.56. The highest BCUT2D eigenvalue weighted by Crippen LogP contribution is 2.55. The number of amides is 1. The fourth-order valence-corrected chi connectivity index (χ4v) is 5.72. The maximum Gasteiger partial charge on any atom is 0.227 e. The summed E-state index contributed by atoms with van der Waals surface area (Å²) in [6.45, 7) is 0.578. The van der Waals surface area contributed by atoms with Crippen LogP contribution < -0.4 is 0 Å². The van der Waals surface area contributed by atoms with E-state index in [9.17, 15) is 9.59 Å². The maximum atomic E-state index is 12.2. The Labute approximate surface area is 118 Å². The SMILES string of the molecule is O=C(Cl)[C@H]1CC(=O)N(C2C3CC4CC(C3)CC2C4)C1. The molecule has 1 saturated heterocycles. The number of carbonyl (C=O) groups excluding carboxylic acids is 2. The number of rotatable bonds is 2. The molecular formula is C15H20ClNO2. The predicted octanol–water partition coefficient (Wildman–Crippen LogP) is 2.43. The molecule has 4 heteroatoms. The molecule has 4 saturated carbocycles. The van der Waals surface area contributed by atoms with Crippen LogP contribution >= 0.6 is 11.6 Å². The molecule has 0 radical (unpaired) electrons. The van der Waals surface area contributed by atoms with Crippen molar-refractivity contribution in [3.05, 3.63) is 0 Å². The van der Waals surface area contributed by atoms with Crippen molar-refractivity contribution in [2.45, 2.75) is 44.6 Å². The predicted molar refractivity (Wildman–Crippen MR) is 71.5 cm³/mol. The Morgan fingerprint density at radius 1 is 1.05 bits per heavy atom. The number of likely N-dealkylation sites (tertiary alicyclic amines) is 1. The van der Waals surface area contributed by atoms with E-state index in [0.717, 1.165) is 11.8 Å². The van der Waals surface area contributed by atoms with Crippen LogP contribution in [-0.4, -0.2) is 28.6 Å². The molecule has 3 nitrogen and oxygen atoms in total. The molecule has 0 spiro atoms. The average molecular weight is 282 g/mol. The summed E-state index contributed by atoms with van der Waals surface area (Å²) in [4.78, 5) is 25.6. The van der Waals surface area contributed by atoms with Crippen LogP contribution in [0.2, 0.25) is 0 Å². The average Bonchev–Trinajstić information content (AvgIpc) is 2.70. The van der Waals surface area contributed by atoms with Gasteiger partial charge in [-0.15, -0.1) is 0 Å². The van der Waals surface area contributed by atoms with Crippen LogP contribution in [0, 0.1) is 29.6 Å². The first-order valence-corrected chi connectivity index (χ1v) is 7.98. The van der Waals surface area contributed by atoms with E-state index in [1.807, 2.05) is 4.90 Å². The molecule has 5 rings (SSSR count). The minimum absolute atomic E-state index is 0.163. The normalized spacial score (nSPS) is 48.1. The second-order valence-corrected chi connectivity index (χ2v) is 7.55. The Morgan fingerprint density at radius 3 is 2.11 bits per heavy atom. The van der Waals surface area contributed by atoms with Crippen molar-refractivity contribution in [1.29, 1.82) is 0 Å². The fraction of sp³-hybridized carbons (Fsp3) is 0.867. The van der Waals surface area contributed by atoms with Crippen molar-refractivity contribution >= 4 is 22.8 Å². The Bertz CT molecular complexity index is 408. The van der Waals surface area contributed by atoms with Crippen LogP contribution in [-0.2, 0) is 9.59 Å². The van der Waals surface area contributed by atoms with Crippen LogP contribution in [0.15, 0.2) is 0 Å². The molecule has 1 heterocycles. The van der Waals surface area contributed by atoms with E-state index in [0.29, 0.717) is 30.8 Å². The Kier molecular flexibility index (Phi) is 2.70. The van der Waals surface area contributed by atoms with E-state index < -0.39 is 0 Å². The monoisotopic (exact) mass is 281 g/mol. The Hall–Kier alpha value is -0.570. The summed E-state index contributed by atoms with van der Waals surface area (Å²) < 4.78 is 0. The molecule has 0 N–H and O–H groups in total. The molecule has 104 valence electrons. The molecule has 4 aliphatic carbocycles. The number of halogens is 1. The second kappa shape index (κ2) is 4.21. The molecule has 1 atom stereocenters. The molecule has 4 bridgehead atoms. The van der Waals surface area contributed by atoms with Crippen LogP contribution in [0.5, 0.6) is 0 Å². The Morgan fingerprint density at radius 2 is 1.63 bits per heavy atom. The van der Waals surface area contributed by atoms with Gasteiger partial charge in [0, 0.05) is 19.0 Å². The quantitative estimate of drug-likeness (QED) is 0.729. The highest BCUT2D eigenvalue weighted by Gasteiger charge is 2.52. The van der Waals surface area contributed by atoms with E-state index in [1.165, 1.54) is 32.1 Å². The van der Waals surface area contributed by atoms with Gasteiger partial charge in [0.25, 0.3) is 0 Å². The maximum absolute atomic E-state index is 12.2. The third kappa shape index (κ3) is 1.84. The molecule has 0 unspecified atom stereocenters. The van der Waals surface area contributed by atoms with Gasteiger partial charge < -0.3 is 4.90 Å². The van der Waals surface area contributed by atoms with Crippen molar-refractivity contribution < 1.29 is 9.59 Å². The van der Waals surface area contributed by atoms with Crippen molar-refractivity contribution in [3.63, 3.8) is 0 Å². The zero-order valence-electron chi connectivity index (χ0n) is 11.1. The summed E-state index contributed by atoms with van der Waals surface area (Å²) in [5, 5.41) is -0.334. The van der Waals surface area contributed by atoms with Gasteiger partial charge in [-0.05, 0) is 67.4 Å². The van der Waals surface area contributed by atoms with E-state index in [1.54, 1.807) is 0 Å². The number of nitrogens with zero attached hydrogens (tertiary/aromatic N) is 1. The fourth-order valence-electron chi connectivity index (χ4n) is 5.58. The molecule has 1 aliphatic heterocycles. The van der Waals surface area contributed by atoms with Crippen LogP contribution in [0.1, 0.15) is 38.5 Å². The van der Waals surface area contributed by atoms with Gasteiger partial charge in [-0.1, -0.05) is 0 Å². The molecule has 19 heavy (non-hydrogen) atoms. The topological polar surface area (TPSA) is 37.4 Å². The van der Waals surface area contributed by atoms with Gasteiger partial charge in [0.2, 0.25) is 11.1 Å². The molecule has 5 fully saturated rings. The smallest absolute Gasteiger partial charge is 0.227 e. The third-order valence-electron chi connectivity index (χ3n) is 6.02. The van der Waals surface area contributed by atoms with E-state index >= 15 is 0 Å². The summed E-state index contributed by atoms with van der Waals surface area (Å²) in [5.41, 5.74) is 0. The number of hydrogen-bond acceptors (Lipinski definition) is 2. The molecule has 1 amide bonds. The van der Waals surface area contributed by atoms with Gasteiger partial charge >= 0.3 is 0 Å². The molecule has 0 aromatic carbocycles. The molecule has 0 aromatic rings. The van der Waals surface area contributed by atoms with Crippen LogP contribution in [0.3, 0.4) is 0 Å². The molecule has 0 aromatic heterocycles. The van der Waals surface area contributed by atoms with Gasteiger partial charge in [0.15, 0.2) is 0 Å². The number of carbonyl (C=O) groups is 2. The summed E-state index contributed by atoms with van der Waals surface area (Å²) in [6, 6.07) is 0.418. The molecule has 5 aliphatic rings. The van der Waals surface area contributed by atoms with Crippen LogP contribution in [0.4, 0.5) is 0 Å². The molecular weight excluding hydrogens is 262 g/mol. The lowest BCUT2D eigenvalue weighted by molar-refractivity contribution is -0.138. The van der Waals surface area contributed by atoms with Crippen molar-refractivity contribution in [1.82, 2.24) is 4.90 Å².